The zero-order valence-electron chi connectivity index (χ0n) is 8.86. The van der Waals surface area contributed by atoms with Gasteiger partial charge < -0.3 is 4.52 Å². The summed E-state index contributed by atoms with van der Waals surface area (Å²) in [5.41, 5.74) is 0. The minimum Gasteiger partial charge on any atom is -0.306 e. The Balaban J connectivity index is 2.71. The highest BCUT2D eigenvalue weighted by Gasteiger charge is 2.38. The molecule has 1 heterocycles. The number of hydrogen-bond donors (Lipinski definition) is 0. The second kappa shape index (κ2) is 6.43. The lowest BCUT2D eigenvalue weighted by Crippen LogP contribution is -2.37. The van der Waals surface area contributed by atoms with Crippen molar-refractivity contribution in [3.63, 3.8) is 0 Å². The van der Waals surface area contributed by atoms with E-state index >= 15 is 0 Å². The third-order valence-electron chi connectivity index (χ3n) is 2.36. The largest absolute Gasteiger partial charge is 0.345 e. The van der Waals surface area contributed by atoms with Gasteiger partial charge in [0, 0.05) is 31.4 Å². The van der Waals surface area contributed by atoms with E-state index in [1.807, 2.05) is 4.67 Å². The maximum absolute atomic E-state index is 12.6. The molecule has 15 heavy (non-hydrogen) atoms. The van der Waals surface area contributed by atoms with Crippen LogP contribution in [0.1, 0.15) is 6.42 Å². The molecule has 1 atom stereocenters. The van der Waals surface area contributed by atoms with Gasteiger partial charge in [-0.05, 0) is 13.5 Å². The minimum atomic E-state index is -2.85. The van der Waals surface area contributed by atoms with Crippen molar-refractivity contribution < 1.29 is 9.09 Å². The molecule has 0 aromatic carbocycles. The Labute approximate surface area is 101 Å². The van der Waals surface area contributed by atoms with Crippen LogP contribution in [0, 0.1) is 0 Å². The first kappa shape index (κ1) is 13.8. The Morgan fingerprint density at radius 2 is 2.20 bits per heavy atom. The van der Waals surface area contributed by atoms with Gasteiger partial charge in [0.25, 0.3) is 0 Å². The van der Waals surface area contributed by atoms with E-state index < -0.39 is 7.67 Å². The van der Waals surface area contributed by atoms with Gasteiger partial charge in [-0.2, -0.15) is 0 Å². The molecular formula is C8H17Cl2N2O2P. The molecule has 0 N–H and O–H groups in total. The minimum absolute atomic E-state index is 0.443. The topological polar surface area (TPSA) is 32.8 Å². The fourth-order valence-electron chi connectivity index (χ4n) is 1.54. The Kier molecular flexibility index (Phi) is 5.90. The fraction of sp³-hybridized carbons (Fsp3) is 1.00. The van der Waals surface area contributed by atoms with Crippen molar-refractivity contribution in [3.8, 4) is 0 Å². The number of rotatable bonds is 5. The van der Waals surface area contributed by atoms with E-state index in [1.54, 1.807) is 11.7 Å². The molecular weight excluding hydrogens is 258 g/mol. The van der Waals surface area contributed by atoms with Gasteiger partial charge in [0.2, 0.25) is 0 Å². The average molecular weight is 275 g/mol. The van der Waals surface area contributed by atoms with Crippen LogP contribution in [0.2, 0.25) is 0 Å². The van der Waals surface area contributed by atoms with E-state index in [4.69, 9.17) is 27.7 Å². The first-order chi connectivity index (χ1) is 7.15. The van der Waals surface area contributed by atoms with Crippen molar-refractivity contribution in [2.45, 2.75) is 6.42 Å². The molecule has 0 aromatic heterocycles. The molecule has 0 amide bonds. The molecule has 1 aliphatic rings. The normalized spacial score (nSPS) is 28.5. The Hall–Kier alpha value is 0.690. The molecule has 0 aromatic rings. The van der Waals surface area contributed by atoms with Gasteiger partial charge in [0.1, 0.15) is 0 Å². The third kappa shape index (κ3) is 3.32. The van der Waals surface area contributed by atoms with Crippen LogP contribution in [0.4, 0.5) is 0 Å². The third-order valence-corrected chi connectivity index (χ3v) is 5.39. The van der Waals surface area contributed by atoms with Gasteiger partial charge in [-0.3, -0.25) is 4.57 Å². The zero-order valence-corrected chi connectivity index (χ0v) is 11.3. The monoisotopic (exact) mass is 274 g/mol. The lowest BCUT2D eigenvalue weighted by molar-refractivity contribution is 0.177. The van der Waals surface area contributed by atoms with Crippen LogP contribution < -0.4 is 0 Å². The van der Waals surface area contributed by atoms with Crippen molar-refractivity contribution >= 4 is 30.9 Å². The number of hydrogen-bond acceptors (Lipinski definition) is 2. The van der Waals surface area contributed by atoms with Crippen LogP contribution in [0.5, 0.6) is 0 Å². The zero-order chi connectivity index (χ0) is 11.3. The van der Waals surface area contributed by atoms with Gasteiger partial charge >= 0.3 is 7.67 Å². The van der Waals surface area contributed by atoms with Gasteiger partial charge in [0.05, 0.1) is 6.61 Å². The van der Waals surface area contributed by atoms with Crippen molar-refractivity contribution in [1.82, 2.24) is 9.34 Å². The summed E-state index contributed by atoms with van der Waals surface area (Å²) in [6.07, 6.45) is 0.898. The second-order valence-electron chi connectivity index (χ2n) is 3.39. The Morgan fingerprint density at radius 3 is 2.80 bits per heavy atom. The maximum atomic E-state index is 12.6. The quantitative estimate of drug-likeness (QED) is 0.569. The van der Waals surface area contributed by atoms with Gasteiger partial charge in [0.15, 0.2) is 0 Å². The highest BCUT2D eigenvalue weighted by molar-refractivity contribution is 7.54. The summed E-state index contributed by atoms with van der Waals surface area (Å²) >= 11 is 11.3. The molecule has 4 nitrogen and oxygen atoms in total. The summed E-state index contributed by atoms with van der Waals surface area (Å²) in [5.74, 6) is 0.903. The SMILES string of the molecule is CN(CCCl)P1(=O)OCCCN1CCCl. The first-order valence-corrected chi connectivity index (χ1v) is 7.58. The van der Waals surface area contributed by atoms with Crippen LogP contribution in [-0.4, -0.2) is 54.4 Å². The van der Waals surface area contributed by atoms with E-state index in [0.717, 1.165) is 13.0 Å². The van der Waals surface area contributed by atoms with E-state index in [2.05, 4.69) is 0 Å². The molecule has 1 aliphatic heterocycles. The summed E-state index contributed by atoms with van der Waals surface area (Å²) in [6.45, 7) is 2.46. The van der Waals surface area contributed by atoms with Gasteiger partial charge in [-0.25, -0.2) is 9.34 Å². The van der Waals surface area contributed by atoms with Crippen molar-refractivity contribution in [1.29, 1.82) is 0 Å². The molecule has 0 radical (unpaired) electrons. The standard InChI is InChI=1S/C8H17Cl2N2O2P/c1-11(6-3-9)15(13)12(7-4-10)5-2-8-14-15/h2-8H2,1H3. The predicted molar refractivity (Wildman–Crippen MR) is 63.8 cm³/mol. The van der Waals surface area contributed by atoms with E-state index in [-0.39, 0.29) is 0 Å². The number of halogens is 2. The Morgan fingerprint density at radius 1 is 1.47 bits per heavy atom. The van der Waals surface area contributed by atoms with Gasteiger partial charge in [-0.15, -0.1) is 23.2 Å². The summed E-state index contributed by atoms with van der Waals surface area (Å²) in [4.78, 5) is 0. The molecule has 1 unspecified atom stereocenters. The fourth-order valence-corrected chi connectivity index (χ4v) is 4.49. The van der Waals surface area contributed by atoms with Crippen LogP contribution in [0.25, 0.3) is 0 Å². The summed E-state index contributed by atoms with van der Waals surface area (Å²) < 4.78 is 21.5. The highest BCUT2D eigenvalue weighted by atomic mass is 35.5. The average Bonchev–Trinajstić information content (AvgIpc) is 2.22. The number of alkyl halides is 2. The molecule has 1 saturated heterocycles. The molecule has 0 saturated carbocycles. The molecule has 1 fully saturated rings. The van der Waals surface area contributed by atoms with Crippen molar-refractivity contribution in [2.75, 3.05) is 45.0 Å². The van der Waals surface area contributed by atoms with E-state index in [0.29, 0.717) is 31.5 Å². The molecule has 0 bridgehead atoms. The van der Waals surface area contributed by atoms with Crippen LogP contribution in [-0.2, 0) is 9.09 Å². The van der Waals surface area contributed by atoms with E-state index in [9.17, 15) is 4.57 Å². The smallest absolute Gasteiger partial charge is 0.306 e. The second-order valence-corrected chi connectivity index (χ2v) is 6.63. The van der Waals surface area contributed by atoms with E-state index in [1.165, 1.54) is 0 Å². The van der Waals surface area contributed by atoms with Gasteiger partial charge in [-0.1, -0.05) is 0 Å². The lowest BCUT2D eigenvalue weighted by atomic mass is 10.4. The number of nitrogens with zero attached hydrogens (tertiary/aromatic N) is 2. The van der Waals surface area contributed by atoms with Crippen LogP contribution in [0.15, 0.2) is 0 Å². The first-order valence-electron chi connectivity index (χ1n) is 4.98. The molecule has 7 heteroatoms. The molecule has 0 aliphatic carbocycles. The van der Waals surface area contributed by atoms with Crippen LogP contribution >= 0.6 is 30.9 Å². The maximum Gasteiger partial charge on any atom is 0.345 e. The molecule has 1 rings (SSSR count). The predicted octanol–water partition coefficient (Wildman–Crippen LogP) is 2.23. The summed E-state index contributed by atoms with van der Waals surface area (Å²) in [5, 5.41) is 0. The lowest BCUT2D eigenvalue weighted by Gasteiger charge is -2.38. The highest BCUT2D eigenvalue weighted by Crippen LogP contribution is 2.55. The summed E-state index contributed by atoms with van der Waals surface area (Å²) in [6, 6.07) is 0. The molecule has 90 valence electrons. The Bertz CT molecular complexity index is 241. The summed E-state index contributed by atoms with van der Waals surface area (Å²) in [7, 11) is -1.08. The van der Waals surface area contributed by atoms with Crippen molar-refractivity contribution in [3.05, 3.63) is 0 Å². The molecule has 0 spiro atoms. The van der Waals surface area contributed by atoms with Crippen LogP contribution in [0.3, 0.4) is 0 Å². The van der Waals surface area contributed by atoms with Crippen molar-refractivity contribution in [2.24, 2.45) is 0 Å².